The van der Waals surface area contributed by atoms with E-state index in [9.17, 15) is 14.4 Å². The third kappa shape index (κ3) is 59.1. The smallest absolute Gasteiger partial charge is 0.306 e. The highest BCUT2D eigenvalue weighted by Gasteiger charge is 2.19. The van der Waals surface area contributed by atoms with E-state index in [2.05, 4.69) is 118 Å². The maximum absolute atomic E-state index is 12.9. The zero-order valence-corrected chi connectivity index (χ0v) is 47.9. The topological polar surface area (TPSA) is 78.9 Å². The molecule has 0 aromatic heterocycles. The van der Waals surface area contributed by atoms with Crippen LogP contribution in [0.15, 0.2) is 97.2 Å². The molecule has 0 fully saturated rings. The summed E-state index contributed by atoms with van der Waals surface area (Å²) in [5.74, 6) is -0.939. The average molecular weight is 1020 g/mol. The molecule has 0 rings (SSSR count). The zero-order chi connectivity index (χ0) is 52.9. The number of hydrogen-bond acceptors (Lipinski definition) is 6. The fourth-order valence-corrected chi connectivity index (χ4v) is 8.44. The molecule has 0 radical (unpaired) electrons. The minimum Gasteiger partial charge on any atom is -0.462 e. The van der Waals surface area contributed by atoms with Crippen molar-refractivity contribution in [3.05, 3.63) is 97.2 Å². The minimum atomic E-state index is -0.802. The van der Waals surface area contributed by atoms with Gasteiger partial charge in [-0.25, -0.2) is 0 Å². The van der Waals surface area contributed by atoms with Gasteiger partial charge in [0.2, 0.25) is 0 Å². The number of allylic oxidation sites excluding steroid dienone is 16. The average Bonchev–Trinajstić information content (AvgIpc) is 3.39. The highest BCUT2D eigenvalue weighted by atomic mass is 16.6. The van der Waals surface area contributed by atoms with E-state index in [-0.39, 0.29) is 31.1 Å². The molecule has 0 aliphatic rings. The summed E-state index contributed by atoms with van der Waals surface area (Å²) in [4.78, 5) is 38.3. The Labute approximate surface area is 451 Å². The molecule has 0 bridgehead atoms. The third-order valence-electron chi connectivity index (χ3n) is 13.0. The van der Waals surface area contributed by atoms with Crippen molar-refractivity contribution >= 4 is 17.9 Å². The monoisotopic (exact) mass is 1010 g/mol. The fraction of sp³-hybridized carbons (Fsp3) is 0.716. The lowest BCUT2D eigenvalue weighted by atomic mass is 10.0. The number of hydrogen-bond donors (Lipinski definition) is 0. The van der Waals surface area contributed by atoms with Crippen LogP contribution in [0.3, 0.4) is 0 Å². The van der Waals surface area contributed by atoms with Gasteiger partial charge in [-0.15, -0.1) is 0 Å². The Bertz CT molecular complexity index is 1440. The molecule has 1 atom stereocenters. The summed E-state index contributed by atoms with van der Waals surface area (Å²) in [6.45, 7) is 6.47. The number of ether oxygens (including phenoxy) is 3. The standard InChI is InChI=1S/C67H114O6/c1-4-7-10-13-16-19-22-25-28-30-32-33-35-37-40-42-45-48-51-54-57-60-66(69)72-63-64(73-67(70)61-58-55-52-49-46-43-38-27-24-21-18-15-12-9-6-3)62-71-65(68)59-56-53-50-47-44-41-39-36-34-31-29-26-23-20-17-14-11-8-5-2/h9,12,17-18,20-21,25-29,34,36,38,41,44,64H,4-8,10-11,13-16,19,22-24,30-33,35,37,39-40,42-43,45-63H2,1-3H3/b12-9-,20-17-,21-18-,28-25-,29-26-,36-34-,38-27-,44-41-/t64-/m1/s1. The van der Waals surface area contributed by atoms with Gasteiger partial charge in [-0.05, 0) is 122 Å². The van der Waals surface area contributed by atoms with Crippen molar-refractivity contribution in [3.8, 4) is 0 Å². The molecule has 0 heterocycles. The van der Waals surface area contributed by atoms with E-state index in [0.29, 0.717) is 19.3 Å². The molecular formula is C67H114O6. The summed E-state index contributed by atoms with van der Waals surface area (Å²) < 4.78 is 16.9. The van der Waals surface area contributed by atoms with E-state index in [1.165, 1.54) is 128 Å². The van der Waals surface area contributed by atoms with Crippen LogP contribution in [-0.2, 0) is 28.6 Å². The molecule has 6 nitrogen and oxygen atoms in total. The second kappa shape index (κ2) is 60.9. The van der Waals surface area contributed by atoms with Gasteiger partial charge < -0.3 is 14.2 Å². The quantitative estimate of drug-likeness (QED) is 0.0261. The molecule has 0 N–H and O–H groups in total. The van der Waals surface area contributed by atoms with Crippen LogP contribution in [0.1, 0.15) is 290 Å². The number of unbranched alkanes of at least 4 members (excludes halogenated alkanes) is 28. The lowest BCUT2D eigenvalue weighted by Gasteiger charge is -2.18. The van der Waals surface area contributed by atoms with E-state index in [0.717, 1.165) is 122 Å². The molecule has 0 aromatic rings. The lowest BCUT2D eigenvalue weighted by Crippen LogP contribution is -2.30. The highest BCUT2D eigenvalue weighted by molar-refractivity contribution is 5.71. The van der Waals surface area contributed by atoms with Crippen LogP contribution in [0, 0.1) is 0 Å². The van der Waals surface area contributed by atoms with E-state index in [4.69, 9.17) is 14.2 Å². The molecule has 73 heavy (non-hydrogen) atoms. The number of esters is 3. The molecule has 0 aromatic carbocycles. The van der Waals surface area contributed by atoms with Gasteiger partial charge in [0.05, 0.1) is 0 Å². The first-order valence-corrected chi connectivity index (χ1v) is 30.7. The van der Waals surface area contributed by atoms with E-state index < -0.39 is 6.10 Å². The lowest BCUT2D eigenvalue weighted by molar-refractivity contribution is -0.167. The molecule has 6 heteroatoms. The Kier molecular flexibility index (Phi) is 57.8. The first-order valence-electron chi connectivity index (χ1n) is 30.7. The van der Waals surface area contributed by atoms with Crippen molar-refractivity contribution in [1.82, 2.24) is 0 Å². The van der Waals surface area contributed by atoms with Crippen LogP contribution in [0.5, 0.6) is 0 Å². The zero-order valence-electron chi connectivity index (χ0n) is 47.9. The molecule has 0 spiro atoms. The Balaban J connectivity index is 4.42. The first-order chi connectivity index (χ1) is 36.0. The van der Waals surface area contributed by atoms with Crippen LogP contribution in [0.2, 0.25) is 0 Å². The SMILES string of the molecule is CC/C=C\C/C=C\C/C=C\CCCCCCCC(=O)O[C@H](COC(=O)CCCCC/C=C\C/C=C\C/C=C\C/C=C\CCCCC)COC(=O)CCCCCCCCCCCCC/C=C\CCCCCCCC. The predicted octanol–water partition coefficient (Wildman–Crippen LogP) is 20.9. The molecule has 0 saturated carbocycles. The van der Waals surface area contributed by atoms with Crippen LogP contribution < -0.4 is 0 Å². The first kappa shape index (κ1) is 69.3. The normalized spacial score (nSPS) is 12.8. The van der Waals surface area contributed by atoms with Crippen molar-refractivity contribution in [2.45, 2.75) is 297 Å². The van der Waals surface area contributed by atoms with E-state index >= 15 is 0 Å². The van der Waals surface area contributed by atoms with Gasteiger partial charge in [0.15, 0.2) is 6.10 Å². The Morgan fingerprint density at radius 3 is 0.890 bits per heavy atom. The summed E-state index contributed by atoms with van der Waals surface area (Å²) in [5, 5.41) is 0. The predicted molar refractivity (Wildman–Crippen MR) is 316 cm³/mol. The summed E-state index contributed by atoms with van der Waals surface area (Å²) in [7, 11) is 0. The number of rotatable bonds is 55. The van der Waals surface area contributed by atoms with Crippen molar-refractivity contribution in [1.29, 1.82) is 0 Å². The van der Waals surface area contributed by atoms with Gasteiger partial charge in [-0.1, -0.05) is 246 Å². The van der Waals surface area contributed by atoms with Crippen LogP contribution in [0.4, 0.5) is 0 Å². The van der Waals surface area contributed by atoms with Crippen molar-refractivity contribution in [2.24, 2.45) is 0 Å². The van der Waals surface area contributed by atoms with Crippen LogP contribution in [-0.4, -0.2) is 37.2 Å². The van der Waals surface area contributed by atoms with Gasteiger partial charge >= 0.3 is 17.9 Å². The molecule has 0 saturated heterocycles. The molecule has 0 aliphatic carbocycles. The van der Waals surface area contributed by atoms with Gasteiger partial charge in [0.25, 0.3) is 0 Å². The second-order valence-corrected chi connectivity index (χ2v) is 20.2. The maximum Gasteiger partial charge on any atom is 0.306 e. The number of carbonyl (C=O) groups excluding carboxylic acids is 3. The second-order valence-electron chi connectivity index (χ2n) is 20.2. The summed E-state index contributed by atoms with van der Waals surface area (Å²) in [6.07, 6.45) is 81.2. The minimum absolute atomic E-state index is 0.0951. The highest BCUT2D eigenvalue weighted by Crippen LogP contribution is 2.15. The number of carbonyl (C=O) groups is 3. The summed E-state index contributed by atoms with van der Waals surface area (Å²) >= 11 is 0. The van der Waals surface area contributed by atoms with Gasteiger partial charge in [0, 0.05) is 19.3 Å². The van der Waals surface area contributed by atoms with Crippen molar-refractivity contribution < 1.29 is 28.6 Å². The van der Waals surface area contributed by atoms with Crippen LogP contribution >= 0.6 is 0 Å². The van der Waals surface area contributed by atoms with Crippen molar-refractivity contribution in [3.63, 3.8) is 0 Å². The van der Waals surface area contributed by atoms with Gasteiger partial charge in [0.1, 0.15) is 13.2 Å². The maximum atomic E-state index is 12.9. The Morgan fingerprint density at radius 2 is 0.534 bits per heavy atom. The summed E-state index contributed by atoms with van der Waals surface area (Å²) in [5.41, 5.74) is 0. The molecule has 0 amide bonds. The molecule has 418 valence electrons. The molecule has 0 aliphatic heterocycles. The van der Waals surface area contributed by atoms with Gasteiger partial charge in [-0.3, -0.25) is 14.4 Å². The van der Waals surface area contributed by atoms with Gasteiger partial charge in [-0.2, -0.15) is 0 Å². The fourth-order valence-electron chi connectivity index (χ4n) is 8.44. The molecular weight excluding hydrogens is 901 g/mol. The van der Waals surface area contributed by atoms with E-state index in [1.807, 2.05) is 0 Å². The third-order valence-corrected chi connectivity index (χ3v) is 13.0. The summed E-state index contributed by atoms with van der Waals surface area (Å²) in [6, 6.07) is 0. The molecule has 0 unspecified atom stereocenters. The van der Waals surface area contributed by atoms with E-state index in [1.54, 1.807) is 0 Å². The van der Waals surface area contributed by atoms with Crippen LogP contribution in [0.25, 0.3) is 0 Å². The Hall–Kier alpha value is -3.67. The Morgan fingerprint density at radius 1 is 0.288 bits per heavy atom. The van der Waals surface area contributed by atoms with Crippen molar-refractivity contribution in [2.75, 3.05) is 13.2 Å². The largest absolute Gasteiger partial charge is 0.462 e.